The Balaban J connectivity index is 1.93. The van der Waals surface area contributed by atoms with Crippen LogP contribution in [-0.4, -0.2) is 75.3 Å². The first-order valence-corrected chi connectivity index (χ1v) is 9.77. The number of hydrogen-bond donors (Lipinski definition) is 1. The van der Waals surface area contributed by atoms with Gasteiger partial charge in [0.15, 0.2) is 5.96 Å². The summed E-state index contributed by atoms with van der Waals surface area (Å²) in [6, 6.07) is 0. The van der Waals surface area contributed by atoms with Gasteiger partial charge in [-0.2, -0.15) is 0 Å². The number of rotatable bonds is 6. The Morgan fingerprint density at radius 3 is 2.50 bits per heavy atom. The predicted molar refractivity (Wildman–Crippen MR) is 102 cm³/mol. The Kier molecular flexibility index (Phi) is 7.35. The fourth-order valence-electron chi connectivity index (χ4n) is 4.43. The lowest BCUT2D eigenvalue weighted by Crippen LogP contribution is -2.57. The molecule has 2 heterocycles. The highest BCUT2D eigenvalue weighted by Crippen LogP contribution is 2.29. The maximum atomic E-state index is 5.58. The molecule has 0 aliphatic carbocycles. The molecule has 1 unspecified atom stereocenters. The highest BCUT2D eigenvalue weighted by Gasteiger charge is 2.36. The monoisotopic (exact) mass is 338 g/mol. The van der Waals surface area contributed by atoms with Crippen molar-refractivity contribution in [1.29, 1.82) is 0 Å². The number of hydrogen-bond acceptors (Lipinski definition) is 3. The summed E-state index contributed by atoms with van der Waals surface area (Å²) >= 11 is 0. The molecule has 2 saturated heterocycles. The van der Waals surface area contributed by atoms with Crippen molar-refractivity contribution >= 4 is 5.96 Å². The van der Waals surface area contributed by atoms with Gasteiger partial charge in [0.1, 0.15) is 0 Å². The van der Waals surface area contributed by atoms with Crippen molar-refractivity contribution in [1.82, 2.24) is 15.1 Å². The Hall–Kier alpha value is -0.810. The van der Waals surface area contributed by atoms with E-state index < -0.39 is 0 Å². The summed E-state index contributed by atoms with van der Waals surface area (Å²) in [6.45, 7) is 9.62. The van der Waals surface area contributed by atoms with Crippen LogP contribution in [0, 0.1) is 11.8 Å². The van der Waals surface area contributed by atoms with Crippen LogP contribution in [0.5, 0.6) is 0 Å². The first-order chi connectivity index (χ1) is 11.6. The molecule has 0 amide bonds. The third kappa shape index (κ3) is 4.42. The number of guanidine groups is 1. The van der Waals surface area contributed by atoms with Crippen molar-refractivity contribution in [2.24, 2.45) is 16.8 Å². The molecule has 0 aromatic rings. The molecule has 2 aliphatic heterocycles. The summed E-state index contributed by atoms with van der Waals surface area (Å²) in [7, 11) is 6.29. The summed E-state index contributed by atoms with van der Waals surface area (Å²) in [5.41, 5.74) is 0.183. The molecule has 24 heavy (non-hydrogen) atoms. The quantitative estimate of drug-likeness (QED) is 0.596. The molecule has 5 heteroatoms. The molecule has 0 saturated carbocycles. The summed E-state index contributed by atoms with van der Waals surface area (Å²) in [4.78, 5) is 9.40. The molecule has 0 radical (unpaired) electrons. The van der Waals surface area contributed by atoms with Crippen LogP contribution in [-0.2, 0) is 4.74 Å². The smallest absolute Gasteiger partial charge is 0.193 e. The highest BCUT2D eigenvalue weighted by atomic mass is 16.5. The molecule has 2 rings (SSSR count). The van der Waals surface area contributed by atoms with Gasteiger partial charge in [0.25, 0.3) is 0 Å². The number of likely N-dealkylation sites (tertiary alicyclic amines) is 1. The van der Waals surface area contributed by atoms with E-state index in [0.717, 1.165) is 63.5 Å². The van der Waals surface area contributed by atoms with Crippen LogP contribution in [0.15, 0.2) is 4.99 Å². The predicted octanol–water partition coefficient (Wildman–Crippen LogP) is 2.43. The molecule has 0 aromatic carbocycles. The van der Waals surface area contributed by atoms with E-state index in [1.807, 2.05) is 7.05 Å². The standard InChI is InChI=1S/C19H38N4O/c1-6-16(7-2)17-8-11-23(14-17)18(20-3)21-15-19(22(4)5)9-12-24-13-10-19/h16-17H,6-15H2,1-5H3,(H,20,21). The molecular formula is C19H38N4O. The SMILES string of the molecule is CCC(CC)C1CCN(C(=NC)NCC2(N(C)C)CCOCC2)C1. The lowest BCUT2D eigenvalue weighted by molar-refractivity contribution is -0.00522. The van der Waals surface area contributed by atoms with Crippen molar-refractivity contribution < 1.29 is 4.74 Å². The van der Waals surface area contributed by atoms with Crippen LogP contribution in [0.4, 0.5) is 0 Å². The van der Waals surface area contributed by atoms with Crippen LogP contribution < -0.4 is 5.32 Å². The Morgan fingerprint density at radius 1 is 1.29 bits per heavy atom. The molecular weight excluding hydrogens is 300 g/mol. The molecule has 0 aromatic heterocycles. The van der Waals surface area contributed by atoms with Crippen LogP contribution >= 0.6 is 0 Å². The first-order valence-electron chi connectivity index (χ1n) is 9.77. The average molecular weight is 339 g/mol. The first kappa shape index (κ1) is 19.5. The zero-order valence-corrected chi connectivity index (χ0v) is 16.5. The Morgan fingerprint density at radius 2 is 1.96 bits per heavy atom. The van der Waals surface area contributed by atoms with Crippen molar-refractivity contribution in [3.05, 3.63) is 0 Å². The van der Waals surface area contributed by atoms with Gasteiger partial charge in [0, 0.05) is 45.4 Å². The van der Waals surface area contributed by atoms with Gasteiger partial charge in [-0.25, -0.2) is 0 Å². The number of likely N-dealkylation sites (N-methyl/N-ethyl adjacent to an activating group) is 1. The van der Waals surface area contributed by atoms with E-state index in [1.165, 1.54) is 19.3 Å². The lowest BCUT2D eigenvalue weighted by atomic mass is 9.87. The normalized spacial score (nSPS) is 24.9. The summed E-state index contributed by atoms with van der Waals surface area (Å²) < 4.78 is 5.58. The van der Waals surface area contributed by atoms with E-state index in [2.05, 4.69) is 48.1 Å². The van der Waals surface area contributed by atoms with Gasteiger partial charge < -0.3 is 19.9 Å². The van der Waals surface area contributed by atoms with E-state index in [0.29, 0.717) is 0 Å². The second kappa shape index (κ2) is 9.04. The van der Waals surface area contributed by atoms with E-state index in [9.17, 15) is 0 Å². The van der Waals surface area contributed by atoms with E-state index in [4.69, 9.17) is 4.74 Å². The molecule has 5 nitrogen and oxygen atoms in total. The zero-order valence-electron chi connectivity index (χ0n) is 16.5. The van der Waals surface area contributed by atoms with Crippen LogP contribution in [0.3, 0.4) is 0 Å². The second-order valence-electron chi connectivity index (χ2n) is 7.70. The number of nitrogens with one attached hydrogen (secondary N) is 1. The van der Waals surface area contributed by atoms with Gasteiger partial charge >= 0.3 is 0 Å². The maximum absolute atomic E-state index is 5.58. The second-order valence-corrected chi connectivity index (χ2v) is 7.70. The fraction of sp³-hybridized carbons (Fsp3) is 0.947. The third-order valence-electron chi connectivity index (χ3n) is 6.40. The minimum atomic E-state index is 0.183. The molecule has 2 aliphatic rings. The van der Waals surface area contributed by atoms with Gasteiger partial charge in [-0.05, 0) is 45.2 Å². The maximum Gasteiger partial charge on any atom is 0.193 e. The van der Waals surface area contributed by atoms with Gasteiger partial charge in [-0.3, -0.25) is 4.99 Å². The van der Waals surface area contributed by atoms with Crippen molar-refractivity contribution in [3.63, 3.8) is 0 Å². The van der Waals surface area contributed by atoms with E-state index in [1.54, 1.807) is 0 Å². The van der Waals surface area contributed by atoms with E-state index in [-0.39, 0.29) is 5.54 Å². The van der Waals surface area contributed by atoms with Gasteiger partial charge in [0.05, 0.1) is 0 Å². The molecule has 1 atom stereocenters. The molecule has 1 N–H and O–H groups in total. The molecule has 2 fully saturated rings. The van der Waals surface area contributed by atoms with E-state index >= 15 is 0 Å². The molecule has 0 spiro atoms. The topological polar surface area (TPSA) is 40.1 Å². The van der Waals surface area contributed by atoms with Gasteiger partial charge in [0.2, 0.25) is 0 Å². The number of ether oxygens (including phenoxy) is 1. The minimum absolute atomic E-state index is 0.183. The minimum Gasteiger partial charge on any atom is -0.381 e. The molecule has 140 valence electrons. The van der Waals surface area contributed by atoms with Gasteiger partial charge in [-0.1, -0.05) is 26.7 Å². The van der Waals surface area contributed by atoms with Crippen LogP contribution in [0.2, 0.25) is 0 Å². The zero-order chi connectivity index (χ0) is 17.6. The largest absolute Gasteiger partial charge is 0.381 e. The number of nitrogens with zero attached hydrogens (tertiary/aromatic N) is 3. The highest BCUT2D eigenvalue weighted by molar-refractivity contribution is 5.80. The Labute approximate surface area is 148 Å². The van der Waals surface area contributed by atoms with Gasteiger partial charge in [-0.15, -0.1) is 0 Å². The lowest BCUT2D eigenvalue weighted by Gasteiger charge is -2.43. The third-order valence-corrected chi connectivity index (χ3v) is 6.40. The van der Waals surface area contributed by atoms with Crippen LogP contribution in [0.1, 0.15) is 46.0 Å². The van der Waals surface area contributed by atoms with Crippen molar-refractivity contribution in [3.8, 4) is 0 Å². The Bertz CT molecular complexity index is 400. The summed E-state index contributed by atoms with van der Waals surface area (Å²) in [5.74, 6) is 2.76. The fourth-order valence-corrected chi connectivity index (χ4v) is 4.43. The van der Waals surface area contributed by atoms with Crippen molar-refractivity contribution in [2.45, 2.75) is 51.5 Å². The summed E-state index contributed by atoms with van der Waals surface area (Å²) in [6.07, 6.45) is 6.07. The van der Waals surface area contributed by atoms with Crippen LogP contribution in [0.25, 0.3) is 0 Å². The summed E-state index contributed by atoms with van der Waals surface area (Å²) in [5, 5.41) is 3.68. The number of aliphatic imine (C=N–C) groups is 1. The molecule has 0 bridgehead atoms. The average Bonchev–Trinajstić information content (AvgIpc) is 3.07. The van der Waals surface area contributed by atoms with Crippen molar-refractivity contribution in [2.75, 3.05) is 54.0 Å².